The lowest BCUT2D eigenvalue weighted by atomic mass is 10.2. The Morgan fingerprint density at radius 1 is 1.17 bits per heavy atom. The van der Waals surface area contributed by atoms with Gasteiger partial charge in [0.15, 0.2) is 11.0 Å². The smallest absolute Gasteiger partial charge is 0.256 e. The minimum absolute atomic E-state index is 0.281. The number of benzene rings is 2. The van der Waals surface area contributed by atoms with Crippen molar-refractivity contribution >= 4 is 11.0 Å². The summed E-state index contributed by atoms with van der Waals surface area (Å²) in [6.45, 7) is 4.97. The molecule has 0 fully saturated rings. The molecule has 0 saturated heterocycles. The third kappa shape index (κ3) is 3.29. The molecule has 1 N–H and O–H groups in total. The molecular weight excluding hydrogens is 300 g/mol. The van der Waals surface area contributed by atoms with Crippen LogP contribution in [0.3, 0.4) is 0 Å². The quantitative estimate of drug-likeness (QED) is 0.708. The highest BCUT2D eigenvalue weighted by Gasteiger charge is 2.23. The molecule has 3 aromatic rings. The molecule has 4 nitrogen and oxygen atoms in total. The van der Waals surface area contributed by atoms with Gasteiger partial charge in [-0.25, -0.2) is 9.13 Å². The zero-order valence-electron chi connectivity index (χ0n) is 14.6. The standard InChI is InChI=1S/C20H25N2O2/c1-4-20-21(3)18-10-5-6-11-19(18)22(20)13-16(23)14-24-17-9-7-8-15(2)12-17/h5-12,16,23H,4,13-14H2,1-3H3/q+1/t16-/m1/s1. The predicted octanol–water partition coefficient (Wildman–Crippen LogP) is 2.78. The van der Waals surface area contributed by atoms with Crippen LogP contribution >= 0.6 is 0 Å². The predicted molar refractivity (Wildman–Crippen MR) is 95.2 cm³/mol. The van der Waals surface area contributed by atoms with E-state index < -0.39 is 6.10 Å². The van der Waals surface area contributed by atoms with Crippen molar-refractivity contribution in [2.75, 3.05) is 6.61 Å². The Labute approximate surface area is 142 Å². The maximum absolute atomic E-state index is 10.5. The van der Waals surface area contributed by atoms with Crippen LogP contribution in [0.5, 0.6) is 5.75 Å². The van der Waals surface area contributed by atoms with Crippen molar-refractivity contribution < 1.29 is 14.4 Å². The van der Waals surface area contributed by atoms with Crippen molar-refractivity contribution in [1.82, 2.24) is 4.57 Å². The van der Waals surface area contributed by atoms with Gasteiger partial charge in [-0.1, -0.05) is 31.2 Å². The molecule has 0 radical (unpaired) electrons. The van der Waals surface area contributed by atoms with Gasteiger partial charge in [-0.05, 0) is 36.8 Å². The highest BCUT2D eigenvalue weighted by Crippen LogP contribution is 2.16. The fourth-order valence-corrected chi connectivity index (χ4v) is 3.23. The minimum Gasteiger partial charge on any atom is -0.491 e. The summed E-state index contributed by atoms with van der Waals surface area (Å²) in [5, 5.41) is 10.5. The summed E-state index contributed by atoms with van der Waals surface area (Å²) in [4.78, 5) is 0. The second kappa shape index (κ2) is 7.05. The molecule has 0 amide bonds. The summed E-state index contributed by atoms with van der Waals surface area (Å²) in [6, 6.07) is 16.2. The highest BCUT2D eigenvalue weighted by molar-refractivity contribution is 5.72. The van der Waals surface area contributed by atoms with Gasteiger partial charge in [0, 0.05) is 6.42 Å². The van der Waals surface area contributed by atoms with Crippen LogP contribution in [0.15, 0.2) is 48.5 Å². The molecule has 0 aliphatic carbocycles. The van der Waals surface area contributed by atoms with Crippen LogP contribution in [0.25, 0.3) is 11.0 Å². The van der Waals surface area contributed by atoms with Crippen molar-refractivity contribution in [3.05, 3.63) is 59.9 Å². The number of imidazole rings is 1. The molecule has 126 valence electrons. The molecule has 4 heteroatoms. The first-order chi connectivity index (χ1) is 11.6. The summed E-state index contributed by atoms with van der Waals surface area (Å²) in [5.41, 5.74) is 3.48. The van der Waals surface area contributed by atoms with Crippen molar-refractivity contribution in [1.29, 1.82) is 0 Å². The Bertz CT molecular complexity index is 839. The van der Waals surface area contributed by atoms with E-state index in [1.54, 1.807) is 0 Å². The molecule has 1 heterocycles. The molecule has 0 aliphatic heterocycles. The fourth-order valence-electron chi connectivity index (χ4n) is 3.23. The van der Waals surface area contributed by atoms with E-state index in [-0.39, 0.29) is 6.61 Å². The summed E-state index contributed by atoms with van der Waals surface area (Å²) in [6.07, 6.45) is 0.350. The van der Waals surface area contributed by atoms with Gasteiger partial charge in [-0.3, -0.25) is 0 Å². The minimum atomic E-state index is -0.563. The molecule has 2 aromatic carbocycles. The molecule has 3 rings (SSSR count). The summed E-state index contributed by atoms with van der Waals surface area (Å²) >= 11 is 0. The molecule has 0 aliphatic rings. The van der Waals surface area contributed by atoms with E-state index >= 15 is 0 Å². The number of aliphatic hydroxyl groups is 1. The van der Waals surface area contributed by atoms with Crippen LogP contribution in [0.2, 0.25) is 0 Å². The van der Waals surface area contributed by atoms with E-state index in [1.165, 1.54) is 11.3 Å². The lowest BCUT2D eigenvalue weighted by molar-refractivity contribution is -0.653. The van der Waals surface area contributed by atoms with Crippen LogP contribution in [0, 0.1) is 6.92 Å². The Morgan fingerprint density at radius 3 is 2.71 bits per heavy atom. The van der Waals surface area contributed by atoms with Gasteiger partial charge in [0.1, 0.15) is 25.0 Å². The average Bonchev–Trinajstić information content (AvgIpc) is 2.85. The van der Waals surface area contributed by atoms with Crippen molar-refractivity contribution in [2.24, 2.45) is 7.05 Å². The van der Waals surface area contributed by atoms with Gasteiger partial charge < -0.3 is 9.84 Å². The van der Waals surface area contributed by atoms with Gasteiger partial charge in [-0.15, -0.1) is 0 Å². The molecule has 24 heavy (non-hydrogen) atoms. The molecular formula is C20H25N2O2+. The number of aromatic nitrogens is 2. The Balaban J connectivity index is 1.77. The first-order valence-corrected chi connectivity index (χ1v) is 8.43. The lowest BCUT2D eigenvalue weighted by Gasteiger charge is -2.12. The van der Waals surface area contributed by atoms with Crippen LogP contribution in [0.4, 0.5) is 0 Å². The van der Waals surface area contributed by atoms with E-state index in [9.17, 15) is 5.11 Å². The van der Waals surface area contributed by atoms with Crippen LogP contribution in [0.1, 0.15) is 18.3 Å². The second-order valence-corrected chi connectivity index (χ2v) is 6.21. The maximum Gasteiger partial charge on any atom is 0.256 e. The number of aliphatic hydroxyl groups excluding tert-OH is 1. The largest absolute Gasteiger partial charge is 0.491 e. The van der Waals surface area contributed by atoms with E-state index in [4.69, 9.17) is 4.74 Å². The van der Waals surface area contributed by atoms with E-state index in [0.29, 0.717) is 6.54 Å². The fraction of sp³-hybridized carbons (Fsp3) is 0.350. The van der Waals surface area contributed by atoms with Crippen LogP contribution in [-0.2, 0) is 20.0 Å². The topological polar surface area (TPSA) is 38.3 Å². The number of ether oxygens (including phenoxy) is 1. The molecule has 0 spiro atoms. The van der Waals surface area contributed by atoms with Crippen LogP contribution < -0.4 is 9.30 Å². The third-order valence-electron chi connectivity index (χ3n) is 4.37. The maximum atomic E-state index is 10.5. The molecule has 0 bridgehead atoms. The number of aryl methyl sites for hydroxylation is 2. The first-order valence-electron chi connectivity index (χ1n) is 8.43. The van der Waals surface area contributed by atoms with E-state index in [0.717, 1.165) is 23.3 Å². The van der Waals surface area contributed by atoms with Gasteiger partial charge in [0.2, 0.25) is 0 Å². The van der Waals surface area contributed by atoms with E-state index in [2.05, 4.69) is 35.2 Å². The van der Waals surface area contributed by atoms with Gasteiger partial charge in [0.05, 0.1) is 7.05 Å². The zero-order valence-corrected chi connectivity index (χ0v) is 14.6. The summed E-state index contributed by atoms with van der Waals surface area (Å²) in [5.74, 6) is 2.00. The SMILES string of the molecule is CCc1n(C[C@@H](O)COc2cccc(C)c2)c2ccccc2[n+]1C. The summed E-state index contributed by atoms with van der Waals surface area (Å²) in [7, 11) is 2.08. The zero-order chi connectivity index (χ0) is 17.1. The molecule has 1 aromatic heterocycles. The second-order valence-electron chi connectivity index (χ2n) is 6.21. The number of rotatable bonds is 6. The highest BCUT2D eigenvalue weighted by atomic mass is 16.5. The normalized spacial score (nSPS) is 12.5. The van der Waals surface area contributed by atoms with Crippen molar-refractivity contribution in [2.45, 2.75) is 32.9 Å². The Kier molecular flexibility index (Phi) is 4.86. The van der Waals surface area contributed by atoms with Gasteiger partial charge >= 0.3 is 0 Å². The van der Waals surface area contributed by atoms with E-state index in [1.807, 2.05) is 43.3 Å². The Hall–Kier alpha value is -2.33. The molecule has 0 saturated carbocycles. The van der Waals surface area contributed by atoms with Gasteiger partial charge in [0.25, 0.3) is 5.82 Å². The van der Waals surface area contributed by atoms with Crippen LogP contribution in [-0.4, -0.2) is 22.4 Å². The van der Waals surface area contributed by atoms with Crippen molar-refractivity contribution in [3.63, 3.8) is 0 Å². The average molecular weight is 325 g/mol. The third-order valence-corrected chi connectivity index (χ3v) is 4.37. The molecule has 0 unspecified atom stereocenters. The number of hydrogen-bond acceptors (Lipinski definition) is 2. The number of nitrogens with zero attached hydrogens (tertiary/aromatic N) is 2. The molecule has 1 atom stereocenters. The monoisotopic (exact) mass is 325 g/mol. The number of hydrogen-bond donors (Lipinski definition) is 1. The van der Waals surface area contributed by atoms with Crippen molar-refractivity contribution in [3.8, 4) is 5.75 Å². The Morgan fingerprint density at radius 2 is 1.96 bits per heavy atom. The summed E-state index contributed by atoms with van der Waals surface area (Å²) < 4.78 is 10.1. The van der Waals surface area contributed by atoms with Gasteiger partial charge in [-0.2, -0.15) is 0 Å². The number of para-hydroxylation sites is 2. The lowest BCUT2D eigenvalue weighted by Crippen LogP contribution is -2.34. The number of fused-ring (bicyclic) bond motifs is 1. The first kappa shape index (κ1) is 16.5.